The Labute approximate surface area is 418 Å². The molecule has 0 aromatic heterocycles. The minimum Gasteiger partial charge on any atom is -0.462 e. The van der Waals surface area contributed by atoms with Gasteiger partial charge in [-0.3, -0.25) is 18.6 Å². The highest BCUT2D eigenvalue weighted by Crippen LogP contribution is 2.47. The molecule has 13 nitrogen and oxygen atoms in total. The molecule has 0 bridgehead atoms. The SMILES string of the molecule is CCCCCCC/C=C\C/C=C\CCCCCCCCCCCC(=O)OC(COC(=O)CCCCCCCCCCC/C=C\CCCCCCCC)COP(=O)(O)OC1C(O)C(O)C(O)C(O)C1O. The van der Waals surface area contributed by atoms with Crippen LogP contribution >= 0.6 is 7.82 Å². The van der Waals surface area contributed by atoms with Gasteiger partial charge in [-0.05, 0) is 70.6 Å². The second kappa shape index (κ2) is 44.7. The van der Waals surface area contributed by atoms with Gasteiger partial charge in [-0.2, -0.15) is 0 Å². The first-order valence-corrected chi connectivity index (χ1v) is 29.3. The molecule has 6 unspecified atom stereocenters. The van der Waals surface area contributed by atoms with Crippen molar-refractivity contribution in [2.24, 2.45) is 0 Å². The van der Waals surface area contributed by atoms with Gasteiger partial charge in [-0.15, -0.1) is 0 Å². The van der Waals surface area contributed by atoms with E-state index in [-0.39, 0.29) is 12.8 Å². The molecular formula is C55H101O13P. The van der Waals surface area contributed by atoms with Crippen molar-refractivity contribution in [2.45, 2.75) is 288 Å². The first-order chi connectivity index (χ1) is 33.4. The average molecular weight is 1000 g/mol. The van der Waals surface area contributed by atoms with Crippen molar-refractivity contribution in [1.82, 2.24) is 0 Å². The molecule has 1 aliphatic rings. The van der Waals surface area contributed by atoms with Gasteiger partial charge >= 0.3 is 19.8 Å². The molecule has 404 valence electrons. The summed E-state index contributed by atoms with van der Waals surface area (Å²) >= 11 is 0. The number of ether oxygens (including phenoxy) is 2. The first-order valence-electron chi connectivity index (χ1n) is 27.8. The van der Waals surface area contributed by atoms with E-state index in [0.29, 0.717) is 12.8 Å². The van der Waals surface area contributed by atoms with Gasteiger partial charge in [0.25, 0.3) is 0 Å². The maximum Gasteiger partial charge on any atom is 0.472 e. The van der Waals surface area contributed by atoms with Gasteiger partial charge in [0.05, 0.1) is 6.61 Å². The molecule has 0 saturated heterocycles. The number of rotatable bonds is 47. The van der Waals surface area contributed by atoms with E-state index < -0.39 is 75.7 Å². The third-order valence-electron chi connectivity index (χ3n) is 13.0. The molecule has 14 heteroatoms. The highest BCUT2D eigenvalue weighted by atomic mass is 31.2. The van der Waals surface area contributed by atoms with Crippen molar-refractivity contribution in [3.63, 3.8) is 0 Å². The zero-order chi connectivity index (χ0) is 50.6. The van der Waals surface area contributed by atoms with Crippen LogP contribution < -0.4 is 0 Å². The quantitative estimate of drug-likeness (QED) is 0.0145. The zero-order valence-electron chi connectivity index (χ0n) is 43.4. The number of hydrogen-bond acceptors (Lipinski definition) is 12. The van der Waals surface area contributed by atoms with E-state index in [2.05, 4.69) is 50.3 Å². The summed E-state index contributed by atoms with van der Waals surface area (Å²) in [5.41, 5.74) is 0. The number of allylic oxidation sites excluding steroid dienone is 6. The molecule has 6 atom stereocenters. The number of phosphoric acid groups is 1. The average Bonchev–Trinajstić information content (AvgIpc) is 3.33. The van der Waals surface area contributed by atoms with Crippen molar-refractivity contribution in [3.05, 3.63) is 36.5 Å². The van der Waals surface area contributed by atoms with Gasteiger partial charge in [0.15, 0.2) is 6.10 Å². The second-order valence-electron chi connectivity index (χ2n) is 19.4. The maximum absolute atomic E-state index is 12.9. The summed E-state index contributed by atoms with van der Waals surface area (Å²) in [6, 6.07) is 0. The Morgan fingerprint density at radius 3 is 1.19 bits per heavy atom. The summed E-state index contributed by atoms with van der Waals surface area (Å²) in [4.78, 5) is 35.9. The summed E-state index contributed by atoms with van der Waals surface area (Å²) < 4.78 is 33.7. The molecule has 0 aromatic rings. The van der Waals surface area contributed by atoms with Crippen molar-refractivity contribution < 1.29 is 63.1 Å². The molecule has 0 amide bonds. The zero-order valence-corrected chi connectivity index (χ0v) is 44.3. The summed E-state index contributed by atoms with van der Waals surface area (Å²) in [6.45, 7) is 3.32. The number of unbranched alkanes of at least 4 members (excludes halogenated alkanes) is 29. The highest BCUT2D eigenvalue weighted by Gasteiger charge is 2.51. The van der Waals surface area contributed by atoms with E-state index in [9.17, 15) is 44.6 Å². The molecule has 0 radical (unpaired) electrons. The highest BCUT2D eigenvalue weighted by molar-refractivity contribution is 7.47. The molecule has 0 aliphatic heterocycles. The van der Waals surface area contributed by atoms with Gasteiger partial charge in [-0.25, -0.2) is 4.57 Å². The molecule has 0 heterocycles. The molecule has 1 saturated carbocycles. The summed E-state index contributed by atoms with van der Waals surface area (Å²) in [6.07, 6.45) is 40.4. The lowest BCUT2D eigenvalue weighted by atomic mass is 9.85. The van der Waals surface area contributed by atoms with Gasteiger partial charge in [-0.1, -0.05) is 198 Å². The lowest BCUT2D eigenvalue weighted by Crippen LogP contribution is -2.64. The molecule has 1 aliphatic carbocycles. The van der Waals surface area contributed by atoms with Crippen molar-refractivity contribution in [2.75, 3.05) is 13.2 Å². The third-order valence-corrected chi connectivity index (χ3v) is 13.9. The molecule has 1 fully saturated rings. The fourth-order valence-corrected chi connectivity index (χ4v) is 9.46. The number of carbonyl (C=O) groups is 2. The minimum absolute atomic E-state index is 0.0926. The molecule has 6 N–H and O–H groups in total. The number of aliphatic hydroxyl groups excluding tert-OH is 5. The summed E-state index contributed by atoms with van der Waals surface area (Å²) in [5.74, 6) is -1.10. The van der Waals surface area contributed by atoms with Gasteiger partial charge < -0.3 is 39.9 Å². The largest absolute Gasteiger partial charge is 0.472 e. The van der Waals surface area contributed by atoms with Crippen LogP contribution in [-0.4, -0.2) is 98.3 Å². The van der Waals surface area contributed by atoms with Crippen LogP contribution in [0.15, 0.2) is 36.5 Å². The van der Waals surface area contributed by atoms with E-state index in [1.807, 2.05) is 0 Å². The van der Waals surface area contributed by atoms with Crippen LogP contribution in [0.5, 0.6) is 0 Å². The smallest absolute Gasteiger partial charge is 0.462 e. The van der Waals surface area contributed by atoms with Crippen LogP contribution in [0.2, 0.25) is 0 Å². The predicted octanol–water partition coefficient (Wildman–Crippen LogP) is 12.5. The van der Waals surface area contributed by atoms with Crippen LogP contribution in [0.25, 0.3) is 0 Å². The lowest BCUT2D eigenvalue weighted by molar-refractivity contribution is -0.220. The second-order valence-corrected chi connectivity index (χ2v) is 20.8. The van der Waals surface area contributed by atoms with E-state index in [1.165, 1.54) is 141 Å². The lowest BCUT2D eigenvalue weighted by Gasteiger charge is -2.41. The minimum atomic E-state index is -5.13. The fourth-order valence-electron chi connectivity index (χ4n) is 8.49. The summed E-state index contributed by atoms with van der Waals surface area (Å²) in [7, 11) is -5.13. The normalized spacial score (nSPS) is 21.1. The molecular weight excluding hydrogens is 900 g/mol. The number of esters is 2. The van der Waals surface area contributed by atoms with Crippen LogP contribution in [0.4, 0.5) is 0 Å². The Kier molecular flexibility index (Phi) is 42.2. The van der Waals surface area contributed by atoms with E-state index >= 15 is 0 Å². The number of hydrogen-bond donors (Lipinski definition) is 6. The van der Waals surface area contributed by atoms with Gasteiger partial charge in [0, 0.05) is 12.8 Å². The standard InChI is InChI=1S/C55H101O13P/c1-3-5-7-9-11-13-15-17-19-21-23-24-26-28-30-32-34-36-38-40-42-44-49(57)67-47(46-66-69(63,64)68-55-53(61)51(59)50(58)52(60)54(55)62)45-65-48(56)43-41-39-37-35-33-31-29-27-25-22-20-18-16-14-12-10-8-6-4-2/h15,17-18,20-21,23,47,50-55,58-62H,3-14,16,19,22,24-46H2,1-2H3,(H,63,64)/b17-15-,20-18-,23-21-. The van der Waals surface area contributed by atoms with Crippen molar-refractivity contribution in [1.29, 1.82) is 0 Å². The molecule has 1 rings (SSSR count). The predicted molar refractivity (Wildman–Crippen MR) is 277 cm³/mol. The molecule has 69 heavy (non-hydrogen) atoms. The van der Waals surface area contributed by atoms with Crippen LogP contribution in [0.1, 0.15) is 245 Å². The van der Waals surface area contributed by atoms with Gasteiger partial charge in [0.2, 0.25) is 0 Å². The Balaban J connectivity index is 2.36. The Bertz CT molecular complexity index is 1340. The monoisotopic (exact) mass is 1000 g/mol. The van der Waals surface area contributed by atoms with Crippen LogP contribution in [-0.2, 0) is 32.7 Å². The van der Waals surface area contributed by atoms with Gasteiger partial charge in [0.1, 0.15) is 43.2 Å². The number of aliphatic hydroxyl groups is 5. The van der Waals surface area contributed by atoms with E-state index in [1.54, 1.807) is 0 Å². The number of phosphoric ester groups is 1. The third kappa shape index (κ3) is 36.6. The Morgan fingerprint density at radius 1 is 0.449 bits per heavy atom. The molecule has 0 aromatic carbocycles. The maximum atomic E-state index is 12.9. The topological polar surface area (TPSA) is 210 Å². The van der Waals surface area contributed by atoms with Crippen LogP contribution in [0.3, 0.4) is 0 Å². The van der Waals surface area contributed by atoms with E-state index in [0.717, 1.165) is 64.2 Å². The Hall–Kier alpha value is -1.93. The number of carbonyl (C=O) groups excluding carboxylic acids is 2. The summed E-state index contributed by atoms with van der Waals surface area (Å²) in [5, 5.41) is 50.3. The van der Waals surface area contributed by atoms with Crippen LogP contribution in [0, 0.1) is 0 Å². The van der Waals surface area contributed by atoms with Crippen molar-refractivity contribution in [3.8, 4) is 0 Å². The van der Waals surface area contributed by atoms with E-state index in [4.69, 9.17) is 18.5 Å². The Morgan fingerprint density at radius 2 is 0.783 bits per heavy atom. The first kappa shape index (κ1) is 65.1. The van der Waals surface area contributed by atoms with Crippen molar-refractivity contribution >= 4 is 19.8 Å². The fraction of sp³-hybridized carbons (Fsp3) is 0.855. The molecule has 0 spiro atoms.